The van der Waals surface area contributed by atoms with Crippen LogP contribution in [0.4, 0.5) is 19.1 Å². The number of rotatable bonds is 1. The maximum atomic E-state index is 12.3. The molecular formula is C10H13F3N4. The first-order valence-corrected chi connectivity index (χ1v) is 5.35. The monoisotopic (exact) mass is 246 g/mol. The number of hydrogen-bond acceptors (Lipinski definition) is 4. The summed E-state index contributed by atoms with van der Waals surface area (Å²) >= 11 is 0. The predicted octanol–water partition coefficient (Wildman–Crippen LogP) is 1.29. The van der Waals surface area contributed by atoms with E-state index in [0.717, 1.165) is 25.5 Å². The van der Waals surface area contributed by atoms with E-state index in [4.69, 9.17) is 0 Å². The van der Waals surface area contributed by atoms with Gasteiger partial charge in [-0.1, -0.05) is 0 Å². The number of anilines is 1. The third-order valence-electron chi connectivity index (χ3n) is 2.72. The van der Waals surface area contributed by atoms with E-state index in [-0.39, 0.29) is 6.04 Å². The number of alkyl halides is 3. The Morgan fingerprint density at radius 2 is 2.00 bits per heavy atom. The first-order valence-electron chi connectivity index (χ1n) is 5.35. The van der Waals surface area contributed by atoms with E-state index >= 15 is 0 Å². The lowest BCUT2D eigenvalue weighted by Gasteiger charge is -2.33. The van der Waals surface area contributed by atoms with Crippen molar-refractivity contribution in [2.45, 2.75) is 19.1 Å². The van der Waals surface area contributed by atoms with Crippen LogP contribution in [0, 0.1) is 0 Å². The van der Waals surface area contributed by atoms with Gasteiger partial charge in [0, 0.05) is 38.1 Å². The Bertz CT molecular complexity index is 376. The summed E-state index contributed by atoms with van der Waals surface area (Å²) in [6.07, 6.45) is -2.72. The van der Waals surface area contributed by atoms with Gasteiger partial charge >= 0.3 is 6.18 Å². The fourth-order valence-electron chi connectivity index (χ4n) is 1.75. The summed E-state index contributed by atoms with van der Waals surface area (Å²) < 4.78 is 37.0. The van der Waals surface area contributed by atoms with Crippen molar-refractivity contribution in [1.29, 1.82) is 0 Å². The van der Waals surface area contributed by atoms with Crippen LogP contribution in [0.1, 0.15) is 12.5 Å². The average molecular weight is 246 g/mol. The van der Waals surface area contributed by atoms with Gasteiger partial charge in [-0.05, 0) is 6.92 Å². The molecule has 0 amide bonds. The zero-order valence-electron chi connectivity index (χ0n) is 9.33. The highest BCUT2D eigenvalue weighted by molar-refractivity contribution is 5.33. The van der Waals surface area contributed by atoms with Crippen LogP contribution < -0.4 is 10.2 Å². The molecule has 1 aromatic rings. The van der Waals surface area contributed by atoms with Gasteiger partial charge in [0.15, 0.2) is 0 Å². The molecule has 1 aromatic heterocycles. The Labute approximate surface area is 96.9 Å². The van der Waals surface area contributed by atoms with Crippen molar-refractivity contribution < 1.29 is 13.2 Å². The van der Waals surface area contributed by atoms with Crippen LogP contribution in [0.2, 0.25) is 0 Å². The molecule has 0 spiro atoms. The van der Waals surface area contributed by atoms with Gasteiger partial charge in [0.05, 0.1) is 5.56 Å². The lowest BCUT2D eigenvalue weighted by atomic mass is 10.2. The SMILES string of the molecule is CC1CNCCN1c1ncc(C(F)(F)F)cn1. The normalized spacial score (nSPS) is 21.6. The first kappa shape index (κ1) is 12.1. The molecule has 0 bridgehead atoms. The first-order chi connectivity index (χ1) is 7.98. The second kappa shape index (κ2) is 4.48. The van der Waals surface area contributed by atoms with Gasteiger partial charge < -0.3 is 10.2 Å². The second-order valence-corrected chi connectivity index (χ2v) is 4.02. The Balaban J connectivity index is 2.17. The number of nitrogens with one attached hydrogen (secondary N) is 1. The molecule has 1 aliphatic rings. The van der Waals surface area contributed by atoms with Crippen molar-refractivity contribution in [2.24, 2.45) is 0 Å². The van der Waals surface area contributed by atoms with Gasteiger partial charge in [0.25, 0.3) is 0 Å². The van der Waals surface area contributed by atoms with Crippen LogP contribution in [0.5, 0.6) is 0 Å². The summed E-state index contributed by atoms with van der Waals surface area (Å²) in [5.41, 5.74) is -0.816. The van der Waals surface area contributed by atoms with Gasteiger partial charge in [-0.3, -0.25) is 0 Å². The molecule has 1 aliphatic heterocycles. The Hall–Kier alpha value is -1.37. The molecule has 0 radical (unpaired) electrons. The van der Waals surface area contributed by atoms with Crippen LogP contribution in [-0.2, 0) is 6.18 Å². The largest absolute Gasteiger partial charge is 0.419 e. The Morgan fingerprint density at radius 3 is 2.53 bits per heavy atom. The van der Waals surface area contributed by atoms with E-state index in [1.165, 1.54) is 0 Å². The Kier molecular flexibility index (Phi) is 3.19. The lowest BCUT2D eigenvalue weighted by Crippen LogP contribution is -2.50. The summed E-state index contributed by atoms with van der Waals surface area (Å²) in [5.74, 6) is 0.354. The predicted molar refractivity (Wildman–Crippen MR) is 56.7 cm³/mol. The minimum atomic E-state index is -4.38. The average Bonchev–Trinajstić information content (AvgIpc) is 2.29. The van der Waals surface area contributed by atoms with Crippen molar-refractivity contribution in [3.05, 3.63) is 18.0 Å². The molecule has 0 aromatic carbocycles. The number of piperazine rings is 1. The quantitative estimate of drug-likeness (QED) is 0.810. The summed E-state index contributed by atoms with van der Waals surface area (Å²) in [4.78, 5) is 9.47. The topological polar surface area (TPSA) is 41.0 Å². The molecule has 4 nitrogen and oxygen atoms in total. The number of aromatic nitrogens is 2. The zero-order chi connectivity index (χ0) is 12.5. The Morgan fingerprint density at radius 1 is 1.35 bits per heavy atom. The van der Waals surface area contributed by atoms with Crippen molar-refractivity contribution >= 4 is 5.95 Å². The molecule has 17 heavy (non-hydrogen) atoms. The van der Waals surface area contributed by atoms with Crippen molar-refractivity contribution in [1.82, 2.24) is 15.3 Å². The third-order valence-corrected chi connectivity index (χ3v) is 2.72. The van der Waals surface area contributed by atoms with E-state index in [9.17, 15) is 13.2 Å². The molecule has 0 saturated carbocycles. The molecule has 1 unspecified atom stereocenters. The van der Waals surface area contributed by atoms with Gasteiger partial charge in [-0.15, -0.1) is 0 Å². The van der Waals surface area contributed by atoms with Crippen LogP contribution >= 0.6 is 0 Å². The fourth-order valence-corrected chi connectivity index (χ4v) is 1.75. The smallest absolute Gasteiger partial charge is 0.336 e. The van der Waals surface area contributed by atoms with E-state index < -0.39 is 11.7 Å². The fraction of sp³-hybridized carbons (Fsp3) is 0.600. The molecule has 7 heteroatoms. The number of hydrogen-bond donors (Lipinski definition) is 1. The minimum absolute atomic E-state index is 0.181. The minimum Gasteiger partial charge on any atom is -0.336 e. The molecule has 1 N–H and O–H groups in total. The van der Waals surface area contributed by atoms with Crippen molar-refractivity contribution in [3.8, 4) is 0 Å². The van der Waals surface area contributed by atoms with E-state index in [0.29, 0.717) is 12.5 Å². The van der Waals surface area contributed by atoms with Gasteiger partial charge in [-0.25, -0.2) is 9.97 Å². The number of nitrogens with zero attached hydrogens (tertiary/aromatic N) is 3. The van der Waals surface area contributed by atoms with E-state index in [2.05, 4.69) is 15.3 Å². The molecule has 2 rings (SSSR count). The highest BCUT2D eigenvalue weighted by Crippen LogP contribution is 2.28. The zero-order valence-corrected chi connectivity index (χ0v) is 9.33. The summed E-state index contributed by atoms with van der Waals surface area (Å²) in [5, 5.41) is 3.19. The number of halogens is 3. The van der Waals surface area contributed by atoms with Gasteiger partial charge in [0.2, 0.25) is 5.95 Å². The molecule has 1 fully saturated rings. The van der Waals surface area contributed by atoms with E-state index in [1.807, 2.05) is 11.8 Å². The molecular weight excluding hydrogens is 233 g/mol. The molecule has 1 atom stereocenters. The highest BCUT2D eigenvalue weighted by Gasteiger charge is 2.32. The van der Waals surface area contributed by atoms with Crippen molar-refractivity contribution in [3.63, 3.8) is 0 Å². The summed E-state index contributed by atoms with van der Waals surface area (Å²) in [6.45, 7) is 4.25. The van der Waals surface area contributed by atoms with Gasteiger partial charge in [-0.2, -0.15) is 13.2 Å². The third kappa shape index (κ3) is 2.66. The molecule has 2 heterocycles. The maximum absolute atomic E-state index is 12.3. The van der Waals surface area contributed by atoms with Crippen LogP contribution in [0.15, 0.2) is 12.4 Å². The highest BCUT2D eigenvalue weighted by atomic mass is 19.4. The second-order valence-electron chi connectivity index (χ2n) is 4.02. The van der Waals surface area contributed by atoms with Crippen LogP contribution in [0.25, 0.3) is 0 Å². The van der Waals surface area contributed by atoms with Crippen molar-refractivity contribution in [2.75, 3.05) is 24.5 Å². The molecule has 1 saturated heterocycles. The lowest BCUT2D eigenvalue weighted by molar-refractivity contribution is -0.138. The van der Waals surface area contributed by atoms with Crippen LogP contribution in [0.3, 0.4) is 0 Å². The van der Waals surface area contributed by atoms with Gasteiger partial charge in [0.1, 0.15) is 0 Å². The van der Waals surface area contributed by atoms with E-state index in [1.54, 1.807) is 0 Å². The van der Waals surface area contributed by atoms with Crippen LogP contribution in [-0.4, -0.2) is 35.6 Å². The molecule has 94 valence electrons. The maximum Gasteiger partial charge on any atom is 0.419 e. The summed E-state index contributed by atoms with van der Waals surface area (Å²) in [7, 11) is 0. The summed E-state index contributed by atoms with van der Waals surface area (Å²) in [6, 6.07) is 0.181. The molecule has 0 aliphatic carbocycles. The standard InChI is InChI=1S/C10H13F3N4/c1-7-4-14-2-3-17(7)9-15-5-8(6-16-9)10(11,12)13/h5-7,14H,2-4H2,1H3.